The number of alkyl halides is 1. The van der Waals surface area contributed by atoms with Gasteiger partial charge in [-0.1, -0.05) is 32.6 Å². The Morgan fingerprint density at radius 3 is 2.64 bits per heavy atom. The van der Waals surface area contributed by atoms with Gasteiger partial charge in [-0.15, -0.1) is 0 Å². The monoisotopic (exact) mass is 288 g/mol. The first-order valence-corrected chi connectivity index (χ1v) is 5.73. The Hall–Kier alpha value is 0.553. The molecule has 5 unspecified atom stereocenters. The third-order valence-electron chi connectivity index (χ3n) is 3.78. The van der Waals surface area contributed by atoms with Crippen molar-refractivity contribution < 1.29 is 25.2 Å². The number of rotatable bonds is 0. The maximum absolute atomic E-state index is 13.6. The molecule has 0 aromatic carbocycles. The number of fused-ring (bicyclic) bond motifs is 1. The van der Waals surface area contributed by atoms with E-state index in [-0.39, 0.29) is 25.9 Å². The molecule has 5 atom stereocenters. The van der Waals surface area contributed by atoms with Crippen LogP contribution in [0.25, 0.3) is 0 Å². The minimum absolute atomic E-state index is 0. The van der Waals surface area contributed by atoms with Crippen LogP contribution >= 0.6 is 0 Å². The summed E-state index contributed by atoms with van der Waals surface area (Å²) in [5.41, 5.74) is 0. The van der Waals surface area contributed by atoms with Gasteiger partial charge in [0.05, 0.1) is 0 Å². The molecule has 0 aliphatic heterocycles. The molecule has 2 aliphatic rings. The van der Waals surface area contributed by atoms with E-state index < -0.39 is 6.17 Å². The van der Waals surface area contributed by atoms with Crippen LogP contribution < -0.4 is 0 Å². The van der Waals surface area contributed by atoms with Gasteiger partial charge in [0, 0.05) is 20.8 Å². The normalized spacial score (nSPS) is 49.6. The topological polar surface area (TPSA) is 0 Å². The van der Waals surface area contributed by atoms with E-state index in [1.54, 1.807) is 0 Å². The van der Waals surface area contributed by atoms with Gasteiger partial charge >= 0.3 is 0 Å². The molecule has 0 heterocycles. The van der Waals surface area contributed by atoms with Gasteiger partial charge < -0.3 is 0 Å². The molecule has 0 saturated heterocycles. The molecular formula is C12H21FRh. The summed E-state index contributed by atoms with van der Waals surface area (Å²) in [5.74, 6) is 1.45. The average molecular weight is 288 g/mol. The largest absolute Gasteiger partial charge is 0.247 e. The summed E-state index contributed by atoms with van der Waals surface area (Å²) >= 11 is 0. The van der Waals surface area contributed by atoms with Crippen LogP contribution in [0.4, 0.5) is 4.39 Å². The Morgan fingerprint density at radius 2 is 1.86 bits per heavy atom. The Balaban J connectivity index is 0.00000112. The van der Waals surface area contributed by atoms with Crippen LogP contribution in [-0.2, 0) is 19.5 Å². The molecule has 2 saturated carbocycles. The zero-order chi connectivity index (χ0) is 10.1. The molecule has 0 amide bonds. The van der Waals surface area contributed by atoms with Gasteiger partial charge in [-0.2, -0.15) is 0 Å². The molecule has 1 radical (unpaired) electrons. The molecule has 0 N–H and O–H groups in total. The van der Waals surface area contributed by atoms with E-state index in [1.807, 2.05) is 0 Å². The summed E-state index contributed by atoms with van der Waals surface area (Å²) < 4.78 is 21.7. The third kappa shape index (κ3) is 3.02. The standard InChI is InChI=1S/C12H21F.Rh/c1-9-5-6-10-3-2-4-11(10)8-12(13)7-9;/h9-12H,2-8H2,1H3;/i6D;. The first-order chi connectivity index (χ1) is 6.66. The molecule has 2 heteroatoms. The van der Waals surface area contributed by atoms with Crippen molar-refractivity contribution in [1.82, 2.24) is 0 Å². The van der Waals surface area contributed by atoms with Crippen LogP contribution in [0.2, 0.25) is 0 Å². The number of hydrogen-bond donors (Lipinski definition) is 0. The second-order valence-electron chi connectivity index (χ2n) is 5.00. The predicted molar refractivity (Wildman–Crippen MR) is 53.4 cm³/mol. The zero-order valence-electron chi connectivity index (χ0n) is 9.84. The molecule has 0 spiro atoms. The predicted octanol–water partition coefficient (Wildman–Crippen LogP) is 3.95. The summed E-state index contributed by atoms with van der Waals surface area (Å²) in [6.07, 6.45) is 5.43. The van der Waals surface area contributed by atoms with E-state index in [0.717, 1.165) is 12.8 Å². The Labute approximate surface area is 101 Å². The fraction of sp³-hybridized carbons (Fsp3) is 1.00. The van der Waals surface area contributed by atoms with Crippen LogP contribution in [0.3, 0.4) is 0 Å². The Kier molecular flexibility index (Phi) is 4.41. The van der Waals surface area contributed by atoms with Gasteiger partial charge in [0.2, 0.25) is 0 Å². The molecule has 2 aliphatic carbocycles. The van der Waals surface area contributed by atoms with Crippen LogP contribution in [0, 0.1) is 17.8 Å². The summed E-state index contributed by atoms with van der Waals surface area (Å²) in [5, 5.41) is 0. The van der Waals surface area contributed by atoms with E-state index in [0.29, 0.717) is 24.2 Å². The van der Waals surface area contributed by atoms with Crippen molar-refractivity contribution in [2.75, 3.05) is 0 Å². The smallest absolute Gasteiger partial charge is 0.101 e. The average Bonchev–Trinajstić information content (AvgIpc) is 2.49. The van der Waals surface area contributed by atoms with Crippen molar-refractivity contribution >= 4 is 0 Å². The van der Waals surface area contributed by atoms with Gasteiger partial charge in [0.1, 0.15) is 6.17 Å². The van der Waals surface area contributed by atoms with E-state index in [2.05, 4.69) is 6.92 Å². The van der Waals surface area contributed by atoms with E-state index >= 15 is 0 Å². The minimum Gasteiger partial charge on any atom is -0.247 e. The fourth-order valence-corrected chi connectivity index (χ4v) is 3.03. The van der Waals surface area contributed by atoms with E-state index in [9.17, 15) is 4.39 Å². The SMILES string of the molecule is [2H]C1CC(C)CC(F)CC2CCCC12.[Rh]. The van der Waals surface area contributed by atoms with Gasteiger partial charge in [-0.05, 0) is 37.0 Å². The molecule has 14 heavy (non-hydrogen) atoms. The van der Waals surface area contributed by atoms with Gasteiger partial charge in [-0.25, -0.2) is 4.39 Å². The molecule has 2 rings (SSSR count). The zero-order valence-corrected chi connectivity index (χ0v) is 10.5. The quantitative estimate of drug-likeness (QED) is 0.592. The molecule has 2 fully saturated rings. The van der Waals surface area contributed by atoms with E-state index in [4.69, 9.17) is 1.37 Å². The van der Waals surface area contributed by atoms with Crippen molar-refractivity contribution in [3.63, 3.8) is 0 Å². The van der Waals surface area contributed by atoms with Crippen molar-refractivity contribution in [2.45, 2.75) is 58.0 Å². The molecular weight excluding hydrogens is 266 g/mol. The third-order valence-corrected chi connectivity index (χ3v) is 3.78. The molecule has 85 valence electrons. The Bertz CT molecular complexity index is 200. The second kappa shape index (κ2) is 5.59. The van der Waals surface area contributed by atoms with Crippen molar-refractivity contribution in [1.29, 1.82) is 0 Å². The fourth-order valence-electron chi connectivity index (χ4n) is 3.03. The summed E-state index contributed by atoms with van der Waals surface area (Å²) in [6, 6.07) is 0. The van der Waals surface area contributed by atoms with Crippen LogP contribution in [0.1, 0.15) is 53.2 Å². The maximum atomic E-state index is 13.6. The van der Waals surface area contributed by atoms with E-state index in [1.165, 1.54) is 19.3 Å². The summed E-state index contributed by atoms with van der Waals surface area (Å²) in [7, 11) is 0. The van der Waals surface area contributed by atoms with Crippen molar-refractivity contribution in [3.8, 4) is 0 Å². The van der Waals surface area contributed by atoms with Crippen LogP contribution in [0.5, 0.6) is 0 Å². The van der Waals surface area contributed by atoms with Crippen molar-refractivity contribution in [2.24, 2.45) is 17.8 Å². The van der Waals surface area contributed by atoms with Gasteiger partial charge in [-0.3, -0.25) is 0 Å². The first kappa shape index (κ1) is 11.1. The molecule has 0 bridgehead atoms. The minimum atomic E-state index is -0.594. The number of hydrogen-bond acceptors (Lipinski definition) is 0. The summed E-state index contributed by atoms with van der Waals surface area (Å²) in [4.78, 5) is 0. The first-order valence-electron chi connectivity index (χ1n) is 6.31. The maximum Gasteiger partial charge on any atom is 0.101 e. The summed E-state index contributed by atoms with van der Waals surface area (Å²) in [6.45, 7) is 2.10. The van der Waals surface area contributed by atoms with Gasteiger partial charge in [0.15, 0.2) is 0 Å². The number of halogens is 1. The molecule has 0 aromatic rings. The van der Waals surface area contributed by atoms with Gasteiger partial charge in [0.25, 0.3) is 0 Å². The van der Waals surface area contributed by atoms with Crippen molar-refractivity contribution in [3.05, 3.63) is 0 Å². The molecule has 0 nitrogen and oxygen atoms in total. The second-order valence-corrected chi connectivity index (χ2v) is 5.00. The van der Waals surface area contributed by atoms with Crippen LogP contribution in [0.15, 0.2) is 0 Å². The Morgan fingerprint density at radius 1 is 1.14 bits per heavy atom. The van der Waals surface area contributed by atoms with Crippen LogP contribution in [-0.4, -0.2) is 6.17 Å². The molecule has 0 aromatic heterocycles.